The zero-order chi connectivity index (χ0) is 22.2. The number of hydrogen-bond donors (Lipinski definition) is 2. The van der Waals surface area contributed by atoms with Gasteiger partial charge in [-0.3, -0.25) is 9.59 Å². The van der Waals surface area contributed by atoms with E-state index in [-0.39, 0.29) is 17.6 Å². The lowest BCUT2D eigenvalue weighted by atomic mass is 9.97. The minimum atomic E-state index is -0.336. The van der Waals surface area contributed by atoms with Crippen LogP contribution in [0.3, 0.4) is 0 Å². The molecular formula is C24H34N4O3. The summed E-state index contributed by atoms with van der Waals surface area (Å²) in [6, 6.07) is 8.83. The number of likely N-dealkylation sites (N-methyl/N-ethyl adjacent to an activating group) is 1. The molecule has 1 aromatic carbocycles. The number of benzene rings is 1. The molecule has 3 rings (SSSR count). The van der Waals surface area contributed by atoms with Gasteiger partial charge in [-0.1, -0.05) is 20.8 Å². The highest BCUT2D eigenvalue weighted by molar-refractivity contribution is 6.05. The van der Waals surface area contributed by atoms with E-state index in [0.29, 0.717) is 23.7 Å². The van der Waals surface area contributed by atoms with Crippen molar-refractivity contribution in [3.8, 4) is 0 Å². The molecule has 0 aliphatic carbocycles. The summed E-state index contributed by atoms with van der Waals surface area (Å²) >= 11 is 0. The molecule has 1 fully saturated rings. The molecule has 0 bridgehead atoms. The van der Waals surface area contributed by atoms with Gasteiger partial charge in [0.05, 0.1) is 11.8 Å². The van der Waals surface area contributed by atoms with Gasteiger partial charge in [-0.2, -0.15) is 0 Å². The Balaban J connectivity index is 1.77. The van der Waals surface area contributed by atoms with Crippen molar-refractivity contribution in [1.82, 2.24) is 10.2 Å². The van der Waals surface area contributed by atoms with E-state index in [4.69, 9.17) is 4.42 Å². The molecule has 1 saturated heterocycles. The predicted octanol–water partition coefficient (Wildman–Crippen LogP) is 3.84. The number of carbonyl (C=O) groups excluding carboxylic acids is 2. The first-order valence-corrected chi connectivity index (χ1v) is 11.3. The highest BCUT2D eigenvalue weighted by Gasteiger charge is 2.22. The second-order valence-electron chi connectivity index (χ2n) is 8.12. The summed E-state index contributed by atoms with van der Waals surface area (Å²) in [5.74, 6) is 0.487. The first-order chi connectivity index (χ1) is 15.0. The molecule has 0 spiro atoms. The molecule has 0 unspecified atom stereocenters. The fourth-order valence-electron chi connectivity index (χ4n) is 3.88. The third kappa shape index (κ3) is 6.10. The van der Waals surface area contributed by atoms with E-state index in [1.807, 2.05) is 12.1 Å². The highest BCUT2D eigenvalue weighted by Crippen LogP contribution is 2.29. The van der Waals surface area contributed by atoms with Crippen LogP contribution < -0.4 is 15.5 Å². The molecule has 7 nitrogen and oxygen atoms in total. The molecule has 31 heavy (non-hydrogen) atoms. The largest absolute Gasteiger partial charge is 0.459 e. The van der Waals surface area contributed by atoms with Crippen LogP contribution >= 0.6 is 0 Å². The number of piperidine rings is 1. The van der Waals surface area contributed by atoms with E-state index in [9.17, 15) is 9.59 Å². The first-order valence-electron chi connectivity index (χ1n) is 11.3. The highest BCUT2D eigenvalue weighted by atomic mass is 16.3. The third-order valence-corrected chi connectivity index (χ3v) is 5.98. The molecular weight excluding hydrogens is 392 g/mol. The van der Waals surface area contributed by atoms with Crippen LogP contribution in [0.4, 0.5) is 11.4 Å². The molecule has 0 atom stereocenters. The van der Waals surface area contributed by atoms with Crippen LogP contribution in [-0.4, -0.2) is 56.0 Å². The summed E-state index contributed by atoms with van der Waals surface area (Å²) in [6.45, 7) is 11.7. The Labute approximate surface area is 184 Å². The number of nitrogens with one attached hydrogen (secondary N) is 2. The number of anilines is 2. The monoisotopic (exact) mass is 426 g/mol. The fourth-order valence-corrected chi connectivity index (χ4v) is 3.88. The lowest BCUT2D eigenvalue weighted by Crippen LogP contribution is -2.37. The Hall–Kier alpha value is -2.80. The molecule has 7 heteroatoms. The van der Waals surface area contributed by atoms with E-state index in [0.717, 1.165) is 51.3 Å². The maximum absolute atomic E-state index is 13.1. The SMILES string of the molecule is CCN(CC)CCNC(=O)c1cc(NC(=O)c2ccco2)ccc1N1CCC(C)CC1. The quantitative estimate of drug-likeness (QED) is 0.637. The first kappa shape index (κ1) is 22.9. The number of carbonyl (C=O) groups is 2. The molecule has 1 aliphatic heterocycles. The zero-order valence-corrected chi connectivity index (χ0v) is 18.8. The fraction of sp³-hybridized carbons (Fsp3) is 0.500. The minimum absolute atomic E-state index is 0.116. The number of rotatable bonds is 9. The van der Waals surface area contributed by atoms with Gasteiger partial charge in [0.15, 0.2) is 5.76 Å². The van der Waals surface area contributed by atoms with E-state index < -0.39 is 0 Å². The van der Waals surface area contributed by atoms with Gasteiger partial charge in [-0.05, 0) is 62.2 Å². The normalized spacial score (nSPS) is 14.6. The van der Waals surface area contributed by atoms with E-state index in [1.165, 1.54) is 6.26 Å². The molecule has 2 N–H and O–H groups in total. The van der Waals surface area contributed by atoms with Crippen molar-refractivity contribution in [1.29, 1.82) is 0 Å². The average molecular weight is 427 g/mol. The van der Waals surface area contributed by atoms with Gasteiger partial charge in [0.1, 0.15) is 0 Å². The topological polar surface area (TPSA) is 77.8 Å². The number of nitrogens with zero attached hydrogens (tertiary/aromatic N) is 2. The summed E-state index contributed by atoms with van der Waals surface area (Å²) in [6.07, 6.45) is 3.68. The number of hydrogen-bond acceptors (Lipinski definition) is 5. The molecule has 2 aromatic rings. The minimum Gasteiger partial charge on any atom is -0.459 e. The Morgan fingerprint density at radius 1 is 1.13 bits per heavy atom. The number of amides is 2. The van der Waals surface area contributed by atoms with Crippen LogP contribution in [0.5, 0.6) is 0 Å². The molecule has 2 amide bonds. The molecule has 1 aliphatic rings. The van der Waals surface area contributed by atoms with Gasteiger partial charge in [0, 0.05) is 37.6 Å². The van der Waals surface area contributed by atoms with Crippen molar-refractivity contribution in [3.63, 3.8) is 0 Å². The third-order valence-electron chi connectivity index (χ3n) is 5.98. The Kier molecular flexibility index (Phi) is 8.12. The summed E-state index contributed by atoms with van der Waals surface area (Å²) < 4.78 is 5.17. The molecule has 0 radical (unpaired) electrons. The van der Waals surface area contributed by atoms with Gasteiger partial charge in [-0.25, -0.2) is 0 Å². The zero-order valence-electron chi connectivity index (χ0n) is 18.8. The van der Waals surface area contributed by atoms with Crippen LogP contribution in [0.25, 0.3) is 0 Å². The second kappa shape index (κ2) is 11.0. The van der Waals surface area contributed by atoms with Crippen molar-refractivity contribution in [2.45, 2.75) is 33.6 Å². The lowest BCUT2D eigenvalue weighted by molar-refractivity contribution is 0.0947. The van der Waals surface area contributed by atoms with Crippen molar-refractivity contribution in [2.24, 2.45) is 5.92 Å². The van der Waals surface area contributed by atoms with Gasteiger partial charge in [-0.15, -0.1) is 0 Å². The van der Waals surface area contributed by atoms with Crippen molar-refractivity contribution in [3.05, 3.63) is 47.9 Å². The lowest BCUT2D eigenvalue weighted by Gasteiger charge is -2.33. The molecule has 2 heterocycles. The van der Waals surface area contributed by atoms with E-state index in [2.05, 4.69) is 41.2 Å². The summed E-state index contributed by atoms with van der Waals surface area (Å²) in [4.78, 5) is 30.0. The summed E-state index contributed by atoms with van der Waals surface area (Å²) in [7, 11) is 0. The summed E-state index contributed by atoms with van der Waals surface area (Å²) in [5.41, 5.74) is 2.08. The standard InChI is InChI=1S/C24H34N4O3/c1-4-27(5-2)15-12-25-23(29)20-17-19(26-24(30)22-7-6-16-31-22)8-9-21(20)28-13-10-18(3)11-14-28/h6-9,16-18H,4-5,10-15H2,1-3H3,(H,25,29)(H,26,30). The average Bonchev–Trinajstić information content (AvgIpc) is 3.32. The smallest absolute Gasteiger partial charge is 0.291 e. The van der Waals surface area contributed by atoms with E-state index in [1.54, 1.807) is 18.2 Å². The molecule has 1 aromatic heterocycles. The second-order valence-corrected chi connectivity index (χ2v) is 8.12. The van der Waals surface area contributed by atoms with Gasteiger partial charge in [0.25, 0.3) is 11.8 Å². The van der Waals surface area contributed by atoms with Crippen LogP contribution in [0.1, 0.15) is 54.5 Å². The van der Waals surface area contributed by atoms with Crippen LogP contribution in [-0.2, 0) is 0 Å². The van der Waals surface area contributed by atoms with Crippen molar-refractivity contribution >= 4 is 23.2 Å². The van der Waals surface area contributed by atoms with Crippen molar-refractivity contribution in [2.75, 3.05) is 49.5 Å². The number of furan rings is 1. The van der Waals surface area contributed by atoms with E-state index >= 15 is 0 Å². The van der Waals surface area contributed by atoms with Gasteiger partial charge >= 0.3 is 0 Å². The van der Waals surface area contributed by atoms with Gasteiger partial charge in [0.2, 0.25) is 0 Å². The maximum Gasteiger partial charge on any atom is 0.291 e. The van der Waals surface area contributed by atoms with Crippen molar-refractivity contribution < 1.29 is 14.0 Å². The molecule has 168 valence electrons. The Bertz CT molecular complexity index is 854. The Morgan fingerprint density at radius 2 is 1.87 bits per heavy atom. The predicted molar refractivity (Wildman–Crippen MR) is 124 cm³/mol. The van der Waals surface area contributed by atoms with Crippen LogP contribution in [0.2, 0.25) is 0 Å². The Morgan fingerprint density at radius 3 is 2.52 bits per heavy atom. The summed E-state index contributed by atoms with van der Waals surface area (Å²) in [5, 5.41) is 5.89. The van der Waals surface area contributed by atoms with Gasteiger partial charge < -0.3 is 24.9 Å². The molecule has 0 saturated carbocycles. The maximum atomic E-state index is 13.1. The van der Waals surface area contributed by atoms with Crippen LogP contribution in [0, 0.1) is 5.92 Å². The van der Waals surface area contributed by atoms with Crippen LogP contribution in [0.15, 0.2) is 41.0 Å².